The van der Waals surface area contributed by atoms with Gasteiger partial charge in [0.15, 0.2) is 5.65 Å². The number of benzene rings is 1. The molecule has 0 aliphatic carbocycles. The first-order valence-electron chi connectivity index (χ1n) is 10.8. The fourth-order valence-electron chi connectivity index (χ4n) is 4.13. The summed E-state index contributed by atoms with van der Waals surface area (Å²) < 4.78 is 33.7. The molecule has 6 nitrogen and oxygen atoms in total. The molecule has 1 atom stereocenters. The Hall–Kier alpha value is -2.87. The smallest absolute Gasteiger partial charge is 0.312 e. The summed E-state index contributed by atoms with van der Waals surface area (Å²) in [4.78, 5) is 13.4. The lowest BCUT2D eigenvalue weighted by atomic mass is 9.70. The second kappa shape index (κ2) is 8.82. The van der Waals surface area contributed by atoms with Crippen molar-refractivity contribution in [2.24, 2.45) is 5.41 Å². The maximum Gasteiger partial charge on any atom is 0.312 e. The minimum Gasteiger partial charge on any atom is -0.460 e. The molecular formula is C25H31F2N3O3. The number of halogens is 2. The molecule has 3 rings (SSSR count). The maximum absolute atomic E-state index is 13.4. The average Bonchev–Trinajstić information content (AvgIpc) is 3.15. The summed E-state index contributed by atoms with van der Waals surface area (Å²) >= 11 is 0. The van der Waals surface area contributed by atoms with E-state index >= 15 is 0 Å². The Morgan fingerprint density at radius 3 is 2.36 bits per heavy atom. The number of aryl methyl sites for hydroxylation is 2. The van der Waals surface area contributed by atoms with Crippen LogP contribution in [0.15, 0.2) is 30.5 Å². The van der Waals surface area contributed by atoms with Crippen LogP contribution in [0.5, 0.6) is 0 Å². The topological polar surface area (TPSA) is 76.7 Å². The summed E-state index contributed by atoms with van der Waals surface area (Å²) in [7, 11) is 0. The van der Waals surface area contributed by atoms with Crippen LogP contribution in [-0.4, -0.2) is 31.3 Å². The summed E-state index contributed by atoms with van der Waals surface area (Å²) in [5, 5.41) is 17.5. The number of ether oxygens (including phenoxy) is 1. The van der Waals surface area contributed by atoms with E-state index in [1.807, 2.05) is 59.7 Å². The van der Waals surface area contributed by atoms with Gasteiger partial charge in [0.1, 0.15) is 5.60 Å². The Bertz CT molecular complexity index is 1180. The minimum atomic E-state index is -2.76. The van der Waals surface area contributed by atoms with Crippen molar-refractivity contribution in [3.05, 3.63) is 64.1 Å². The molecule has 0 unspecified atom stereocenters. The predicted octanol–water partition coefficient (Wildman–Crippen LogP) is 5.28. The van der Waals surface area contributed by atoms with Gasteiger partial charge in [-0.05, 0) is 82.3 Å². The van der Waals surface area contributed by atoms with E-state index in [4.69, 9.17) is 4.74 Å². The number of esters is 1. The zero-order valence-electron chi connectivity index (χ0n) is 20.1. The van der Waals surface area contributed by atoms with Crippen molar-refractivity contribution in [2.75, 3.05) is 0 Å². The normalized spacial score (nSPS) is 13.5. The van der Waals surface area contributed by atoms with E-state index in [0.717, 1.165) is 22.3 Å². The van der Waals surface area contributed by atoms with E-state index in [1.54, 1.807) is 13.0 Å². The number of aliphatic hydroxyl groups is 1. The highest BCUT2D eigenvalue weighted by Crippen LogP contribution is 2.44. The molecule has 0 saturated heterocycles. The quantitative estimate of drug-likeness (QED) is 0.508. The van der Waals surface area contributed by atoms with Crippen LogP contribution in [0.1, 0.15) is 80.6 Å². The van der Waals surface area contributed by atoms with Crippen LogP contribution < -0.4 is 0 Å². The fourth-order valence-corrected chi connectivity index (χ4v) is 4.13. The molecule has 2 aromatic heterocycles. The SMILES string of the molecule is Cc1ccc([C@@H](c2ccn3c(C(F)F)nnc3c2C)C(C)(C)C(=O)OC(C)(C)C)cc1CO. The molecule has 0 fully saturated rings. The summed E-state index contributed by atoms with van der Waals surface area (Å²) in [6.45, 7) is 12.6. The molecule has 33 heavy (non-hydrogen) atoms. The Morgan fingerprint density at radius 1 is 1.12 bits per heavy atom. The van der Waals surface area contributed by atoms with Gasteiger partial charge in [-0.25, -0.2) is 8.78 Å². The third-order valence-corrected chi connectivity index (χ3v) is 5.92. The molecule has 1 aromatic carbocycles. The standard InChI is InChI=1S/C25H31F2N3O3/c1-14-8-9-16(12-17(14)13-31)19(25(6,7)23(32)33-24(3,4)5)18-10-11-30-21(15(18)2)28-29-22(30)20(26)27/h8-12,19-20,31H,13H2,1-7H3/t19-/m0/s1. The number of pyridine rings is 1. The zero-order chi connectivity index (χ0) is 24.7. The van der Waals surface area contributed by atoms with Gasteiger partial charge < -0.3 is 9.84 Å². The minimum absolute atomic E-state index is 0.140. The molecule has 0 bridgehead atoms. The summed E-state index contributed by atoms with van der Waals surface area (Å²) in [5.41, 5.74) is 2.48. The van der Waals surface area contributed by atoms with Crippen molar-refractivity contribution in [2.45, 2.75) is 73.0 Å². The van der Waals surface area contributed by atoms with Crippen molar-refractivity contribution in [1.82, 2.24) is 14.6 Å². The van der Waals surface area contributed by atoms with Crippen molar-refractivity contribution in [3.63, 3.8) is 0 Å². The van der Waals surface area contributed by atoms with E-state index < -0.39 is 29.2 Å². The first-order valence-corrected chi connectivity index (χ1v) is 10.8. The molecule has 1 N–H and O–H groups in total. The number of hydrogen-bond donors (Lipinski definition) is 1. The van der Waals surface area contributed by atoms with E-state index in [9.17, 15) is 18.7 Å². The van der Waals surface area contributed by atoms with E-state index in [1.165, 1.54) is 10.6 Å². The molecule has 2 heterocycles. The molecule has 0 aliphatic rings. The largest absolute Gasteiger partial charge is 0.460 e. The van der Waals surface area contributed by atoms with Crippen LogP contribution >= 0.6 is 0 Å². The number of carbonyl (C=O) groups excluding carboxylic acids is 1. The van der Waals surface area contributed by atoms with Crippen molar-refractivity contribution < 1.29 is 23.4 Å². The molecule has 178 valence electrons. The summed E-state index contributed by atoms with van der Waals surface area (Å²) in [5.74, 6) is -1.31. The van der Waals surface area contributed by atoms with Gasteiger partial charge in [-0.15, -0.1) is 10.2 Å². The highest BCUT2D eigenvalue weighted by molar-refractivity contribution is 5.79. The van der Waals surface area contributed by atoms with Crippen LogP contribution in [0.25, 0.3) is 5.65 Å². The molecule has 3 aromatic rings. The van der Waals surface area contributed by atoms with Crippen molar-refractivity contribution in [1.29, 1.82) is 0 Å². The van der Waals surface area contributed by atoms with Crippen LogP contribution in [0.2, 0.25) is 0 Å². The van der Waals surface area contributed by atoms with Gasteiger partial charge >= 0.3 is 5.97 Å². The third-order valence-electron chi connectivity index (χ3n) is 5.92. The van der Waals surface area contributed by atoms with Gasteiger partial charge in [-0.3, -0.25) is 9.20 Å². The highest BCUT2D eigenvalue weighted by Gasteiger charge is 2.43. The monoisotopic (exact) mass is 459 g/mol. The first-order chi connectivity index (χ1) is 15.3. The van der Waals surface area contributed by atoms with Crippen LogP contribution in [0.3, 0.4) is 0 Å². The molecular weight excluding hydrogens is 428 g/mol. The Kier molecular flexibility index (Phi) is 6.62. The lowest BCUT2D eigenvalue weighted by molar-refractivity contribution is -0.166. The van der Waals surface area contributed by atoms with Gasteiger partial charge in [0.05, 0.1) is 12.0 Å². The van der Waals surface area contributed by atoms with Crippen molar-refractivity contribution >= 4 is 11.6 Å². The average molecular weight is 460 g/mol. The molecule has 8 heteroatoms. The second-order valence-corrected chi connectivity index (χ2v) is 9.95. The number of hydrogen-bond acceptors (Lipinski definition) is 5. The number of alkyl halides is 2. The first kappa shape index (κ1) is 24.8. The zero-order valence-corrected chi connectivity index (χ0v) is 20.1. The van der Waals surface area contributed by atoms with Crippen LogP contribution in [-0.2, 0) is 16.1 Å². The van der Waals surface area contributed by atoms with E-state index in [2.05, 4.69) is 10.2 Å². The number of carbonyl (C=O) groups is 1. The molecule has 0 radical (unpaired) electrons. The lowest BCUT2D eigenvalue weighted by Crippen LogP contribution is -2.38. The Morgan fingerprint density at radius 2 is 1.79 bits per heavy atom. The van der Waals surface area contributed by atoms with E-state index in [0.29, 0.717) is 11.2 Å². The van der Waals surface area contributed by atoms with Gasteiger partial charge in [-0.1, -0.05) is 18.2 Å². The molecule has 0 spiro atoms. The van der Waals surface area contributed by atoms with E-state index in [-0.39, 0.29) is 12.6 Å². The Balaban J connectivity index is 2.25. The fraction of sp³-hybridized carbons (Fsp3) is 0.480. The van der Waals surface area contributed by atoms with Gasteiger partial charge in [0.2, 0.25) is 5.82 Å². The highest BCUT2D eigenvalue weighted by atomic mass is 19.3. The Labute approximate surface area is 192 Å². The number of aliphatic hydroxyl groups excluding tert-OH is 1. The molecule has 0 aliphatic heterocycles. The molecule has 0 saturated carbocycles. The number of fused-ring (bicyclic) bond motifs is 1. The van der Waals surface area contributed by atoms with Gasteiger partial charge in [0.25, 0.3) is 6.43 Å². The third kappa shape index (κ3) is 4.76. The van der Waals surface area contributed by atoms with Crippen molar-refractivity contribution in [3.8, 4) is 0 Å². The van der Waals surface area contributed by atoms with Crippen LogP contribution in [0.4, 0.5) is 8.78 Å². The van der Waals surface area contributed by atoms with Gasteiger partial charge in [0, 0.05) is 12.1 Å². The maximum atomic E-state index is 13.4. The lowest BCUT2D eigenvalue weighted by Gasteiger charge is -2.36. The number of rotatable bonds is 6. The van der Waals surface area contributed by atoms with Gasteiger partial charge in [-0.2, -0.15) is 0 Å². The number of aromatic nitrogens is 3. The predicted molar refractivity (Wildman–Crippen MR) is 121 cm³/mol. The number of nitrogens with zero attached hydrogens (tertiary/aromatic N) is 3. The molecule has 0 amide bonds. The summed E-state index contributed by atoms with van der Waals surface area (Å²) in [6.07, 6.45) is -1.25. The van der Waals surface area contributed by atoms with Crippen LogP contribution in [0, 0.1) is 19.3 Å². The summed E-state index contributed by atoms with van der Waals surface area (Å²) in [6, 6.07) is 7.43. The second-order valence-electron chi connectivity index (χ2n) is 9.95.